The molecule has 25 heavy (non-hydrogen) atoms. The van der Waals surface area contributed by atoms with Crippen LogP contribution < -0.4 is 14.8 Å². The predicted molar refractivity (Wildman–Crippen MR) is 97.9 cm³/mol. The number of nitrogens with one attached hydrogen (secondary N) is 2. The van der Waals surface area contributed by atoms with Crippen LogP contribution in [0.5, 0.6) is 11.5 Å². The molecule has 128 valence electrons. The number of amides is 1. The fourth-order valence-corrected chi connectivity index (χ4v) is 2.42. The average Bonchev–Trinajstić information content (AvgIpc) is 3.02. The number of hydrogen-bond acceptors (Lipinski definition) is 4. The van der Waals surface area contributed by atoms with Gasteiger partial charge in [-0.25, -0.2) is 4.98 Å². The second-order valence-electron chi connectivity index (χ2n) is 5.35. The number of H-pyrrole nitrogens is 1. The Morgan fingerprint density at radius 2 is 2.08 bits per heavy atom. The third-order valence-electron chi connectivity index (χ3n) is 3.55. The van der Waals surface area contributed by atoms with Crippen LogP contribution in [0.4, 0.5) is 5.95 Å². The molecule has 0 radical (unpaired) electrons. The minimum absolute atomic E-state index is 0.142. The van der Waals surface area contributed by atoms with E-state index in [1.807, 2.05) is 55.5 Å². The average molecular weight is 337 g/mol. The lowest BCUT2D eigenvalue weighted by molar-refractivity contribution is -0.118. The number of carbonyl (C=O) groups is 1. The second kappa shape index (κ2) is 7.53. The van der Waals surface area contributed by atoms with E-state index in [0.29, 0.717) is 17.4 Å². The van der Waals surface area contributed by atoms with Gasteiger partial charge in [0.05, 0.1) is 18.1 Å². The number of anilines is 1. The highest BCUT2D eigenvalue weighted by Gasteiger charge is 2.10. The zero-order chi connectivity index (χ0) is 17.6. The molecule has 6 heteroatoms. The highest BCUT2D eigenvalue weighted by molar-refractivity contribution is 5.92. The van der Waals surface area contributed by atoms with E-state index in [1.165, 1.54) is 0 Å². The normalized spacial score (nSPS) is 11.0. The first-order valence-electron chi connectivity index (χ1n) is 7.87. The molecule has 3 aromatic rings. The fraction of sp³-hybridized carbons (Fsp3) is 0.158. The van der Waals surface area contributed by atoms with Crippen LogP contribution in [-0.2, 0) is 4.79 Å². The number of benzene rings is 2. The number of methoxy groups -OCH3 is 1. The first-order valence-corrected chi connectivity index (χ1v) is 7.87. The van der Waals surface area contributed by atoms with E-state index in [9.17, 15) is 4.79 Å². The van der Waals surface area contributed by atoms with Crippen LogP contribution in [0.1, 0.15) is 12.5 Å². The molecule has 0 aliphatic rings. The third-order valence-corrected chi connectivity index (χ3v) is 3.55. The van der Waals surface area contributed by atoms with E-state index < -0.39 is 0 Å². The molecule has 0 bridgehead atoms. The van der Waals surface area contributed by atoms with Crippen LogP contribution in [-0.4, -0.2) is 29.6 Å². The topological polar surface area (TPSA) is 76.2 Å². The van der Waals surface area contributed by atoms with Gasteiger partial charge < -0.3 is 14.5 Å². The molecule has 1 amide bonds. The van der Waals surface area contributed by atoms with Gasteiger partial charge in [0.2, 0.25) is 5.95 Å². The number of ether oxygens (including phenoxy) is 2. The molecule has 1 heterocycles. The van der Waals surface area contributed by atoms with E-state index >= 15 is 0 Å². The third kappa shape index (κ3) is 3.98. The quantitative estimate of drug-likeness (QED) is 0.720. The maximum absolute atomic E-state index is 12.1. The van der Waals surface area contributed by atoms with Crippen molar-refractivity contribution >= 4 is 29.0 Å². The molecule has 2 N–H and O–H groups in total. The number of imidazole rings is 1. The highest BCUT2D eigenvalue weighted by atomic mass is 16.5. The van der Waals surface area contributed by atoms with Crippen LogP contribution >= 0.6 is 0 Å². The summed E-state index contributed by atoms with van der Waals surface area (Å²) < 4.78 is 10.9. The van der Waals surface area contributed by atoms with Crippen LogP contribution in [0, 0.1) is 0 Å². The SMILES string of the molecule is CC=Cc1ccc(OCC(=O)Nc2nc3ccccc3[nH]2)c(OC)c1. The molecular weight excluding hydrogens is 318 g/mol. The summed E-state index contributed by atoms with van der Waals surface area (Å²) in [6, 6.07) is 13.1. The van der Waals surface area contributed by atoms with Crippen molar-refractivity contribution in [3.05, 3.63) is 54.1 Å². The Bertz CT molecular complexity index is 882. The smallest absolute Gasteiger partial charge is 0.264 e. The Balaban J connectivity index is 1.63. The van der Waals surface area contributed by atoms with Gasteiger partial charge in [-0.05, 0) is 36.8 Å². The number of carbonyl (C=O) groups excluding carboxylic acids is 1. The number of hydrogen-bond donors (Lipinski definition) is 2. The molecule has 0 saturated carbocycles. The zero-order valence-electron chi connectivity index (χ0n) is 14.1. The summed E-state index contributed by atoms with van der Waals surface area (Å²) in [5, 5.41) is 2.69. The first-order chi connectivity index (χ1) is 12.2. The molecule has 0 aliphatic heterocycles. The van der Waals surface area contributed by atoms with Crippen molar-refractivity contribution in [2.45, 2.75) is 6.92 Å². The Morgan fingerprint density at radius 1 is 1.24 bits per heavy atom. The van der Waals surface area contributed by atoms with E-state index in [0.717, 1.165) is 16.6 Å². The number of para-hydroxylation sites is 2. The van der Waals surface area contributed by atoms with Gasteiger partial charge in [0.25, 0.3) is 5.91 Å². The number of nitrogens with zero attached hydrogens (tertiary/aromatic N) is 1. The number of aromatic nitrogens is 2. The van der Waals surface area contributed by atoms with Crippen molar-refractivity contribution in [3.8, 4) is 11.5 Å². The number of aromatic amines is 1. The summed E-state index contributed by atoms with van der Waals surface area (Å²) in [5.74, 6) is 1.17. The summed E-state index contributed by atoms with van der Waals surface area (Å²) in [5.41, 5.74) is 2.65. The van der Waals surface area contributed by atoms with Crippen molar-refractivity contribution < 1.29 is 14.3 Å². The van der Waals surface area contributed by atoms with Gasteiger partial charge in [-0.1, -0.05) is 30.4 Å². The minimum Gasteiger partial charge on any atom is -0.493 e. The number of allylic oxidation sites excluding steroid dienone is 1. The maximum atomic E-state index is 12.1. The zero-order valence-corrected chi connectivity index (χ0v) is 14.1. The van der Waals surface area contributed by atoms with Crippen molar-refractivity contribution in [1.29, 1.82) is 0 Å². The Kier molecular flexibility index (Phi) is 4.99. The first kappa shape index (κ1) is 16.6. The largest absolute Gasteiger partial charge is 0.493 e. The van der Waals surface area contributed by atoms with Gasteiger partial charge in [0.15, 0.2) is 18.1 Å². The van der Waals surface area contributed by atoms with Gasteiger partial charge >= 0.3 is 0 Å². The Hall–Kier alpha value is -3.28. The molecule has 0 spiro atoms. The van der Waals surface area contributed by atoms with E-state index in [4.69, 9.17) is 9.47 Å². The number of fused-ring (bicyclic) bond motifs is 1. The minimum atomic E-state index is -0.307. The molecule has 6 nitrogen and oxygen atoms in total. The highest BCUT2D eigenvalue weighted by Crippen LogP contribution is 2.28. The molecule has 1 aromatic heterocycles. The monoisotopic (exact) mass is 337 g/mol. The molecule has 0 saturated heterocycles. The van der Waals surface area contributed by atoms with Gasteiger partial charge in [-0.2, -0.15) is 0 Å². The van der Waals surface area contributed by atoms with Gasteiger partial charge in [-0.3, -0.25) is 10.1 Å². The molecule has 0 unspecified atom stereocenters. The van der Waals surface area contributed by atoms with Crippen molar-refractivity contribution in [2.24, 2.45) is 0 Å². The van der Waals surface area contributed by atoms with Crippen molar-refractivity contribution in [3.63, 3.8) is 0 Å². The lowest BCUT2D eigenvalue weighted by atomic mass is 10.2. The molecular formula is C19H19N3O3. The lowest BCUT2D eigenvalue weighted by Gasteiger charge is -2.11. The summed E-state index contributed by atoms with van der Waals surface area (Å²) >= 11 is 0. The van der Waals surface area contributed by atoms with Gasteiger partial charge in [0, 0.05) is 0 Å². The lowest BCUT2D eigenvalue weighted by Crippen LogP contribution is -2.21. The van der Waals surface area contributed by atoms with Crippen LogP contribution in [0.25, 0.3) is 17.1 Å². The number of rotatable bonds is 6. The summed E-state index contributed by atoms with van der Waals surface area (Å²) in [6.45, 7) is 1.80. The van der Waals surface area contributed by atoms with Crippen LogP contribution in [0.2, 0.25) is 0 Å². The van der Waals surface area contributed by atoms with E-state index in [-0.39, 0.29) is 12.5 Å². The van der Waals surface area contributed by atoms with E-state index in [1.54, 1.807) is 13.2 Å². The van der Waals surface area contributed by atoms with Crippen LogP contribution in [0.15, 0.2) is 48.5 Å². The maximum Gasteiger partial charge on any atom is 0.264 e. The van der Waals surface area contributed by atoms with Crippen LogP contribution in [0.3, 0.4) is 0 Å². The molecule has 0 fully saturated rings. The Labute approximate surface area is 145 Å². The fourth-order valence-electron chi connectivity index (χ4n) is 2.42. The summed E-state index contributed by atoms with van der Waals surface area (Å²) in [6.07, 6.45) is 3.90. The van der Waals surface area contributed by atoms with Crippen molar-refractivity contribution in [2.75, 3.05) is 19.0 Å². The predicted octanol–water partition coefficient (Wildman–Crippen LogP) is 3.62. The molecule has 0 atom stereocenters. The van der Waals surface area contributed by atoms with Gasteiger partial charge in [-0.15, -0.1) is 0 Å². The summed E-state index contributed by atoms with van der Waals surface area (Å²) in [7, 11) is 1.57. The van der Waals surface area contributed by atoms with Crippen molar-refractivity contribution in [1.82, 2.24) is 9.97 Å². The van der Waals surface area contributed by atoms with Gasteiger partial charge in [0.1, 0.15) is 0 Å². The summed E-state index contributed by atoms with van der Waals surface area (Å²) in [4.78, 5) is 19.4. The molecule has 2 aromatic carbocycles. The molecule has 0 aliphatic carbocycles. The second-order valence-corrected chi connectivity index (χ2v) is 5.35. The molecule has 3 rings (SSSR count). The van der Waals surface area contributed by atoms with E-state index in [2.05, 4.69) is 15.3 Å². The standard InChI is InChI=1S/C19H19N3O3/c1-3-6-13-9-10-16(17(11-13)24-2)25-12-18(23)22-19-20-14-7-4-5-8-15(14)21-19/h3-11H,12H2,1-2H3,(H2,20,21,22,23). The Morgan fingerprint density at radius 3 is 2.84 bits per heavy atom.